The smallest absolute Gasteiger partial charge is 0.333 e. The van der Waals surface area contributed by atoms with Crippen LogP contribution in [0.2, 0.25) is 0 Å². The lowest BCUT2D eigenvalue weighted by atomic mass is 10.2. The zero-order chi connectivity index (χ0) is 8.69. The molecule has 2 nitrogen and oxygen atoms in total. The van der Waals surface area contributed by atoms with E-state index in [0.717, 1.165) is 0 Å². The lowest BCUT2D eigenvalue weighted by Gasteiger charge is -1.99. The Hall–Kier alpha value is -1.05. The molecule has 0 aliphatic carbocycles. The third kappa shape index (κ3) is 4.37. The second-order valence-corrected chi connectivity index (χ2v) is 2.06. The molecule has 1 radical (unpaired) electrons. The molecule has 0 bridgehead atoms. The summed E-state index contributed by atoms with van der Waals surface area (Å²) in [6.45, 7) is 8.98. The van der Waals surface area contributed by atoms with Gasteiger partial charge in [0.2, 0.25) is 0 Å². The van der Waals surface area contributed by atoms with Crippen LogP contribution in [-0.4, -0.2) is 12.6 Å². The minimum absolute atomic E-state index is 0.265. The summed E-state index contributed by atoms with van der Waals surface area (Å²) in [5.74, 6) is -0.298. The van der Waals surface area contributed by atoms with Crippen LogP contribution in [-0.2, 0) is 9.53 Å². The van der Waals surface area contributed by atoms with Crippen LogP contribution in [0.4, 0.5) is 0 Å². The molecule has 0 heterocycles. The standard InChI is InChI=1S/C9H13O2/c1-4-6-8(3)9(10)11-7-5-2/h5-6H,1-2,4,7H2,3H3. The van der Waals surface area contributed by atoms with Crippen molar-refractivity contribution in [2.24, 2.45) is 0 Å². The monoisotopic (exact) mass is 153 g/mol. The van der Waals surface area contributed by atoms with Crippen LogP contribution in [0.1, 0.15) is 13.3 Å². The van der Waals surface area contributed by atoms with Crippen molar-refractivity contribution in [3.05, 3.63) is 31.2 Å². The summed E-state index contributed by atoms with van der Waals surface area (Å²) in [7, 11) is 0. The first-order valence-corrected chi connectivity index (χ1v) is 3.46. The molecule has 0 fully saturated rings. The third-order valence-corrected chi connectivity index (χ3v) is 1.10. The van der Waals surface area contributed by atoms with Gasteiger partial charge >= 0.3 is 5.97 Å². The number of carbonyl (C=O) groups is 1. The predicted octanol–water partition coefficient (Wildman–Crippen LogP) is 1.89. The average molecular weight is 153 g/mol. The van der Waals surface area contributed by atoms with Crippen LogP contribution in [0.15, 0.2) is 24.3 Å². The lowest BCUT2D eigenvalue weighted by molar-refractivity contribution is -0.137. The van der Waals surface area contributed by atoms with Gasteiger partial charge in [0.15, 0.2) is 0 Å². The topological polar surface area (TPSA) is 26.3 Å². The van der Waals surface area contributed by atoms with Crippen molar-refractivity contribution in [3.8, 4) is 0 Å². The van der Waals surface area contributed by atoms with E-state index in [0.29, 0.717) is 12.0 Å². The van der Waals surface area contributed by atoms with E-state index in [9.17, 15) is 4.79 Å². The Labute approximate surface area is 67.6 Å². The fraction of sp³-hybridized carbons (Fsp3) is 0.333. The molecular formula is C9H13O2. The van der Waals surface area contributed by atoms with E-state index in [1.54, 1.807) is 13.0 Å². The molecule has 0 N–H and O–H groups in total. The zero-order valence-electron chi connectivity index (χ0n) is 6.80. The average Bonchev–Trinajstić information content (AvgIpc) is 2.00. The summed E-state index contributed by atoms with van der Waals surface area (Å²) in [5, 5.41) is 0. The first-order chi connectivity index (χ1) is 5.22. The third-order valence-electron chi connectivity index (χ3n) is 1.10. The van der Waals surface area contributed by atoms with Crippen LogP contribution in [0.5, 0.6) is 0 Å². The summed E-state index contributed by atoms with van der Waals surface area (Å²) < 4.78 is 4.75. The number of allylic oxidation sites excluding steroid dienone is 1. The second kappa shape index (κ2) is 5.71. The Balaban J connectivity index is 3.82. The van der Waals surface area contributed by atoms with E-state index in [4.69, 9.17) is 4.74 Å². The summed E-state index contributed by atoms with van der Waals surface area (Å²) in [4.78, 5) is 10.9. The molecule has 0 aromatic rings. The molecule has 0 unspecified atom stereocenters. The molecular weight excluding hydrogens is 140 g/mol. The van der Waals surface area contributed by atoms with E-state index < -0.39 is 0 Å². The van der Waals surface area contributed by atoms with Gasteiger partial charge in [0.1, 0.15) is 6.61 Å². The van der Waals surface area contributed by atoms with E-state index in [1.165, 1.54) is 6.08 Å². The van der Waals surface area contributed by atoms with Gasteiger partial charge in [-0.1, -0.05) is 18.7 Å². The second-order valence-electron chi connectivity index (χ2n) is 2.06. The highest BCUT2D eigenvalue weighted by Crippen LogP contribution is 1.97. The van der Waals surface area contributed by atoms with E-state index in [-0.39, 0.29) is 12.6 Å². The summed E-state index contributed by atoms with van der Waals surface area (Å²) >= 11 is 0. The quantitative estimate of drug-likeness (QED) is 0.350. The Morgan fingerprint density at radius 3 is 2.73 bits per heavy atom. The van der Waals surface area contributed by atoms with Crippen molar-refractivity contribution in [2.45, 2.75) is 13.3 Å². The van der Waals surface area contributed by atoms with Crippen molar-refractivity contribution in [3.63, 3.8) is 0 Å². The fourth-order valence-electron chi connectivity index (χ4n) is 0.548. The fourth-order valence-corrected chi connectivity index (χ4v) is 0.548. The van der Waals surface area contributed by atoms with Crippen LogP contribution in [0, 0.1) is 6.92 Å². The van der Waals surface area contributed by atoms with Crippen molar-refractivity contribution in [2.75, 3.05) is 6.61 Å². The van der Waals surface area contributed by atoms with Gasteiger partial charge in [-0.05, 0) is 20.3 Å². The van der Waals surface area contributed by atoms with Crippen LogP contribution in [0.25, 0.3) is 0 Å². The van der Waals surface area contributed by atoms with Gasteiger partial charge in [0.25, 0.3) is 0 Å². The SMILES string of the molecule is [CH2]CC=C(C)C(=O)OCC=C. The minimum atomic E-state index is -0.298. The molecule has 0 aliphatic heterocycles. The Morgan fingerprint density at radius 1 is 1.64 bits per heavy atom. The summed E-state index contributed by atoms with van der Waals surface area (Å²) in [6.07, 6.45) is 3.87. The molecule has 0 spiro atoms. The maximum absolute atomic E-state index is 10.9. The maximum Gasteiger partial charge on any atom is 0.333 e. The van der Waals surface area contributed by atoms with Crippen molar-refractivity contribution < 1.29 is 9.53 Å². The first kappa shape index (κ1) is 9.95. The minimum Gasteiger partial charge on any atom is -0.458 e. The number of ether oxygens (including phenoxy) is 1. The van der Waals surface area contributed by atoms with Gasteiger partial charge in [-0.15, -0.1) is 0 Å². The molecule has 0 saturated carbocycles. The highest BCUT2D eigenvalue weighted by molar-refractivity contribution is 5.87. The van der Waals surface area contributed by atoms with Crippen molar-refractivity contribution in [1.82, 2.24) is 0 Å². The first-order valence-electron chi connectivity index (χ1n) is 3.46. The van der Waals surface area contributed by atoms with Gasteiger partial charge in [-0.3, -0.25) is 0 Å². The van der Waals surface area contributed by atoms with Gasteiger partial charge < -0.3 is 4.74 Å². The molecule has 61 valence electrons. The van der Waals surface area contributed by atoms with Gasteiger partial charge in [-0.2, -0.15) is 0 Å². The summed E-state index contributed by atoms with van der Waals surface area (Å²) in [6, 6.07) is 0. The number of rotatable bonds is 4. The maximum atomic E-state index is 10.9. The molecule has 0 aromatic carbocycles. The van der Waals surface area contributed by atoms with Crippen LogP contribution < -0.4 is 0 Å². The molecule has 0 rings (SSSR count). The van der Waals surface area contributed by atoms with Gasteiger partial charge in [-0.25, -0.2) is 4.79 Å². The van der Waals surface area contributed by atoms with Crippen molar-refractivity contribution >= 4 is 5.97 Å². The predicted molar refractivity (Wildman–Crippen MR) is 44.9 cm³/mol. The number of hydrogen-bond acceptors (Lipinski definition) is 2. The van der Waals surface area contributed by atoms with E-state index in [1.807, 2.05) is 0 Å². The van der Waals surface area contributed by atoms with Gasteiger partial charge in [0.05, 0.1) is 0 Å². The van der Waals surface area contributed by atoms with Crippen molar-refractivity contribution in [1.29, 1.82) is 0 Å². The highest BCUT2D eigenvalue weighted by Gasteiger charge is 2.01. The Morgan fingerprint density at radius 2 is 2.27 bits per heavy atom. The normalized spacial score (nSPS) is 10.9. The Bertz CT molecular complexity index is 168. The number of carbonyl (C=O) groups excluding carboxylic acids is 1. The summed E-state index contributed by atoms with van der Waals surface area (Å²) in [5.41, 5.74) is 0.599. The lowest BCUT2D eigenvalue weighted by Crippen LogP contribution is -2.05. The number of hydrogen-bond donors (Lipinski definition) is 0. The molecule has 0 atom stereocenters. The van der Waals surface area contributed by atoms with Crippen LogP contribution in [0.3, 0.4) is 0 Å². The molecule has 2 heteroatoms. The number of esters is 1. The molecule has 0 aromatic heterocycles. The Kier molecular flexibility index (Phi) is 5.17. The largest absolute Gasteiger partial charge is 0.458 e. The molecule has 11 heavy (non-hydrogen) atoms. The highest BCUT2D eigenvalue weighted by atomic mass is 16.5. The van der Waals surface area contributed by atoms with E-state index in [2.05, 4.69) is 13.5 Å². The van der Waals surface area contributed by atoms with Crippen LogP contribution >= 0.6 is 0 Å². The molecule has 0 saturated heterocycles. The zero-order valence-corrected chi connectivity index (χ0v) is 6.80. The van der Waals surface area contributed by atoms with Gasteiger partial charge in [0, 0.05) is 5.57 Å². The van der Waals surface area contributed by atoms with E-state index >= 15 is 0 Å². The molecule has 0 aliphatic rings. The molecule has 0 amide bonds.